The Balaban J connectivity index is 1.73. The maximum atomic E-state index is 13.4. The first-order valence-corrected chi connectivity index (χ1v) is 10.7. The first-order valence-electron chi connectivity index (χ1n) is 10.7. The highest BCUT2D eigenvalue weighted by Gasteiger charge is 2.38. The Morgan fingerprint density at radius 2 is 2.06 bits per heavy atom. The molecule has 170 valence electrons. The molecule has 33 heavy (non-hydrogen) atoms. The number of ether oxygens (including phenoxy) is 3. The predicted octanol–water partition coefficient (Wildman–Crippen LogP) is 2.83. The summed E-state index contributed by atoms with van der Waals surface area (Å²) in [4.78, 5) is 21.3. The molecule has 2 aromatic rings. The van der Waals surface area contributed by atoms with E-state index in [1.165, 1.54) is 0 Å². The average molecular weight is 447 g/mol. The molecule has 4 rings (SSSR count). The summed E-state index contributed by atoms with van der Waals surface area (Å²) >= 11 is 0. The van der Waals surface area contributed by atoms with Gasteiger partial charge < -0.3 is 18.8 Å². The smallest absolute Gasteiger partial charge is 0.331 e. The van der Waals surface area contributed by atoms with Crippen molar-refractivity contribution in [2.75, 3.05) is 38.3 Å². The van der Waals surface area contributed by atoms with Crippen LogP contribution in [0.25, 0.3) is 5.70 Å². The van der Waals surface area contributed by atoms with Crippen molar-refractivity contribution in [3.8, 4) is 29.9 Å². The molecule has 0 aliphatic carbocycles. The van der Waals surface area contributed by atoms with Crippen molar-refractivity contribution >= 4 is 17.5 Å². The third-order valence-electron chi connectivity index (χ3n) is 5.52. The van der Waals surface area contributed by atoms with Crippen molar-refractivity contribution in [2.24, 2.45) is 7.05 Å². The van der Waals surface area contributed by atoms with Gasteiger partial charge in [-0.05, 0) is 31.0 Å². The molecule has 1 fully saturated rings. The van der Waals surface area contributed by atoms with Crippen molar-refractivity contribution < 1.29 is 19.0 Å². The van der Waals surface area contributed by atoms with Crippen LogP contribution in [0, 0.1) is 24.2 Å². The number of methoxy groups -OCH3 is 1. The fourth-order valence-corrected chi connectivity index (χ4v) is 3.91. The number of carbonyl (C=O) groups excluding carboxylic acids is 1. The maximum Gasteiger partial charge on any atom is 0.331 e. The van der Waals surface area contributed by atoms with Crippen molar-refractivity contribution in [1.82, 2.24) is 14.5 Å². The Labute approximate surface area is 193 Å². The van der Waals surface area contributed by atoms with Gasteiger partial charge in [0.1, 0.15) is 11.4 Å². The number of imidazole rings is 1. The molecule has 2 aliphatic heterocycles. The van der Waals surface area contributed by atoms with E-state index in [2.05, 4.69) is 17.8 Å². The zero-order valence-electron chi connectivity index (χ0n) is 19.0. The molecule has 0 atom stereocenters. The molecule has 8 nitrogen and oxygen atoms in total. The zero-order chi connectivity index (χ0) is 23.4. The molecule has 0 N–H and O–H groups in total. The van der Waals surface area contributed by atoms with Crippen LogP contribution in [0.2, 0.25) is 0 Å². The van der Waals surface area contributed by atoms with Crippen LogP contribution in [-0.4, -0.2) is 60.2 Å². The van der Waals surface area contributed by atoms with Crippen LogP contribution in [0.1, 0.15) is 30.4 Å². The van der Waals surface area contributed by atoms with E-state index < -0.39 is 0 Å². The van der Waals surface area contributed by atoms with E-state index in [9.17, 15) is 4.79 Å². The minimum Gasteiger partial charge on any atom is -0.497 e. The zero-order valence-corrected chi connectivity index (χ0v) is 19.0. The number of hydrogen-bond donors (Lipinski definition) is 0. The number of terminal acetylenes is 1. The van der Waals surface area contributed by atoms with Crippen molar-refractivity contribution in [3.63, 3.8) is 0 Å². The Morgan fingerprint density at radius 1 is 1.27 bits per heavy atom. The second-order valence-electron chi connectivity index (χ2n) is 7.51. The normalized spacial score (nSPS) is 17.0. The number of aromatic nitrogens is 2. The lowest BCUT2D eigenvalue weighted by Crippen LogP contribution is -2.48. The minimum absolute atomic E-state index is 0.154. The van der Waals surface area contributed by atoms with Crippen molar-refractivity contribution in [2.45, 2.75) is 19.6 Å². The number of anilines is 1. The van der Waals surface area contributed by atoms with E-state index in [0.29, 0.717) is 43.5 Å². The van der Waals surface area contributed by atoms with E-state index in [-0.39, 0.29) is 18.9 Å². The maximum absolute atomic E-state index is 13.4. The molecule has 8 heteroatoms. The highest BCUT2D eigenvalue weighted by Crippen LogP contribution is 2.36. The molecule has 0 spiro atoms. The Bertz CT molecular complexity index is 1180. The molecule has 0 radical (unpaired) electrons. The third-order valence-corrected chi connectivity index (χ3v) is 5.52. The second kappa shape index (κ2) is 9.83. The quantitative estimate of drug-likeness (QED) is 0.661. The Morgan fingerprint density at radius 3 is 2.76 bits per heavy atom. The number of fused-ring (bicyclic) bond motifs is 1. The van der Waals surface area contributed by atoms with Crippen molar-refractivity contribution in [1.29, 1.82) is 0 Å². The van der Waals surface area contributed by atoms with Crippen LogP contribution < -0.4 is 9.64 Å². The van der Waals surface area contributed by atoms with Gasteiger partial charge in [-0.3, -0.25) is 9.80 Å². The van der Waals surface area contributed by atoms with Gasteiger partial charge in [0.15, 0.2) is 17.9 Å². The molecule has 1 aromatic carbocycles. The lowest BCUT2D eigenvalue weighted by atomic mass is 10.2. The lowest BCUT2D eigenvalue weighted by Gasteiger charge is -2.36. The summed E-state index contributed by atoms with van der Waals surface area (Å²) in [6.07, 6.45) is 7.64. The summed E-state index contributed by atoms with van der Waals surface area (Å²) in [5.41, 5.74) is 2.30. The molecule has 3 heterocycles. The van der Waals surface area contributed by atoms with Crippen LogP contribution in [0.15, 0.2) is 30.3 Å². The fourth-order valence-electron chi connectivity index (χ4n) is 3.91. The largest absolute Gasteiger partial charge is 0.497 e. The minimum atomic E-state index is -0.332. The first-order chi connectivity index (χ1) is 16.1. The average Bonchev–Trinajstić information content (AvgIpc) is 3.46. The fraction of sp³-hybridized carbons (Fsp3) is 0.360. The predicted molar refractivity (Wildman–Crippen MR) is 124 cm³/mol. The van der Waals surface area contributed by atoms with Crippen LogP contribution >= 0.6 is 0 Å². The molecule has 0 saturated carbocycles. The Hall–Kier alpha value is -3.72. The molecule has 0 unspecified atom stereocenters. The van der Waals surface area contributed by atoms with Crippen LogP contribution in [0.3, 0.4) is 0 Å². The molecule has 0 bridgehead atoms. The summed E-state index contributed by atoms with van der Waals surface area (Å²) in [5.74, 6) is 10.7. The lowest BCUT2D eigenvalue weighted by molar-refractivity contribution is -0.0446. The number of amides is 2. The van der Waals surface area contributed by atoms with Gasteiger partial charge >= 0.3 is 6.03 Å². The number of allylic oxidation sites excluding steroid dienone is 1. The summed E-state index contributed by atoms with van der Waals surface area (Å²) in [5, 5.41) is 0. The number of benzene rings is 1. The number of rotatable bonds is 5. The van der Waals surface area contributed by atoms with Gasteiger partial charge in [0, 0.05) is 25.6 Å². The van der Waals surface area contributed by atoms with Gasteiger partial charge in [-0.25, -0.2) is 9.78 Å². The Kier molecular flexibility index (Phi) is 6.69. The summed E-state index contributed by atoms with van der Waals surface area (Å²) in [6.45, 7) is 3.53. The van der Waals surface area contributed by atoms with Crippen LogP contribution in [-0.2, 0) is 16.5 Å². The highest BCUT2D eigenvalue weighted by atomic mass is 16.7. The molecule has 1 saturated heterocycles. The molecule has 2 aliphatic rings. The van der Waals surface area contributed by atoms with E-state index in [1.54, 1.807) is 16.9 Å². The number of nitrogens with zero attached hydrogens (tertiary/aromatic N) is 4. The molecule has 1 aromatic heterocycles. The summed E-state index contributed by atoms with van der Waals surface area (Å²) in [7, 11) is 3.50. The molecular weight excluding hydrogens is 420 g/mol. The third kappa shape index (κ3) is 4.45. The number of urea groups is 1. The van der Waals surface area contributed by atoms with E-state index in [4.69, 9.17) is 25.6 Å². The van der Waals surface area contributed by atoms with E-state index in [1.807, 2.05) is 48.9 Å². The first kappa shape index (κ1) is 22.5. The van der Waals surface area contributed by atoms with Gasteiger partial charge in [-0.15, -0.1) is 6.42 Å². The number of carbonyl (C=O) groups is 1. The summed E-state index contributed by atoms with van der Waals surface area (Å²) < 4.78 is 18.3. The molecular formula is C25H26N4O4. The van der Waals surface area contributed by atoms with E-state index in [0.717, 1.165) is 17.0 Å². The van der Waals surface area contributed by atoms with Gasteiger partial charge in [0.05, 0.1) is 32.6 Å². The van der Waals surface area contributed by atoms with Gasteiger partial charge in [-0.1, -0.05) is 24.0 Å². The highest BCUT2D eigenvalue weighted by molar-refractivity contribution is 6.03. The standard InChI is InChI=1S/C25H26N4O4/c1-5-13-28-20(6-2)23-24(29(25(28)30)14-12-22-32-15-16-33-22)26-21(27(23)3)11-10-18-8-7-9-19(17-18)31-4/h1,6-9,17,22H,12-16H2,2-4H3. The van der Waals surface area contributed by atoms with Crippen molar-refractivity contribution in [3.05, 3.63) is 47.4 Å². The molecule has 2 amide bonds. The SMILES string of the molecule is C#CCN1C(=O)N(CCC2OCCO2)c2nc(C#Cc3cccc(OC)c3)n(C)c2C1=CC. The van der Waals surface area contributed by atoms with E-state index >= 15 is 0 Å². The second-order valence-corrected chi connectivity index (χ2v) is 7.51. The van der Waals surface area contributed by atoms with Crippen LogP contribution in [0.5, 0.6) is 5.75 Å². The van der Waals surface area contributed by atoms with Gasteiger partial charge in [0.25, 0.3) is 0 Å². The monoisotopic (exact) mass is 446 g/mol. The number of hydrogen-bond acceptors (Lipinski definition) is 5. The van der Waals surface area contributed by atoms with Gasteiger partial charge in [0.2, 0.25) is 0 Å². The van der Waals surface area contributed by atoms with Gasteiger partial charge in [-0.2, -0.15) is 0 Å². The van der Waals surface area contributed by atoms with Crippen LogP contribution in [0.4, 0.5) is 10.6 Å². The summed E-state index contributed by atoms with van der Waals surface area (Å²) in [6, 6.07) is 7.29. The topological polar surface area (TPSA) is 69.1 Å².